The number of rotatable bonds is 5. The van der Waals surface area contributed by atoms with Gasteiger partial charge < -0.3 is 10.2 Å². The molecule has 2 amide bonds. The molecule has 98 valence electrons. The van der Waals surface area contributed by atoms with Gasteiger partial charge in [-0.15, -0.1) is 0 Å². The Morgan fingerprint density at radius 2 is 2.12 bits per heavy atom. The summed E-state index contributed by atoms with van der Waals surface area (Å²) in [7, 11) is -0.941. The normalized spacial score (nSPS) is 22.8. The number of piperazine rings is 1. The lowest BCUT2D eigenvalue weighted by atomic mass is 10.0. The molecule has 0 aromatic rings. The van der Waals surface area contributed by atoms with Crippen LogP contribution in [0.1, 0.15) is 20.3 Å². The quantitative estimate of drug-likeness (QED) is 0.740. The molecule has 1 aliphatic heterocycles. The molecule has 5 nitrogen and oxygen atoms in total. The van der Waals surface area contributed by atoms with Crippen LogP contribution in [0, 0.1) is 5.92 Å². The van der Waals surface area contributed by atoms with E-state index in [1.165, 1.54) is 4.90 Å². The highest BCUT2D eigenvalue weighted by Crippen LogP contribution is 2.11. The summed E-state index contributed by atoms with van der Waals surface area (Å²) in [6.45, 7) is 4.51. The summed E-state index contributed by atoms with van der Waals surface area (Å²) in [4.78, 5) is 25.0. The zero-order chi connectivity index (χ0) is 13.0. The minimum absolute atomic E-state index is 0.0521. The zero-order valence-electron chi connectivity index (χ0n) is 10.6. The van der Waals surface area contributed by atoms with E-state index in [4.69, 9.17) is 0 Å². The van der Waals surface area contributed by atoms with E-state index in [1.807, 2.05) is 13.8 Å². The Bertz CT molecular complexity index is 331. The fraction of sp³-hybridized carbons (Fsp3) is 0.818. The van der Waals surface area contributed by atoms with Gasteiger partial charge in [-0.25, -0.2) is 0 Å². The third-order valence-corrected chi connectivity index (χ3v) is 3.39. The van der Waals surface area contributed by atoms with Crippen molar-refractivity contribution in [2.45, 2.75) is 26.3 Å². The molecule has 0 spiro atoms. The van der Waals surface area contributed by atoms with Crippen LogP contribution >= 0.6 is 0 Å². The van der Waals surface area contributed by atoms with E-state index in [2.05, 4.69) is 5.32 Å². The van der Waals surface area contributed by atoms with Crippen LogP contribution in [0.15, 0.2) is 0 Å². The second-order valence-electron chi connectivity index (χ2n) is 4.79. The first-order valence-electron chi connectivity index (χ1n) is 5.78. The SMILES string of the molecule is CC(C)CC1NC(=O)CN(CCS(C)=O)C1=O. The molecular weight excluding hydrogens is 240 g/mol. The van der Waals surface area contributed by atoms with Crippen molar-refractivity contribution < 1.29 is 13.8 Å². The van der Waals surface area contributed by atoms with Gasteiger partial charge in [-0.3, -0.25) is 13.8 Å². The molecule has 1 fully saturated rings. The van der Waals surface area contributed by atoms with E-state index in [9.17, 15) is 13.8 Å². The third-order valence-electron chi connectivity index (χ3n) is 2.64. The Kier molecular flexibility index (Phi) is 5.11. The second kappa shape index (κ2) is 6.14. The maximum Gasteiger partial charge on any atom is 0.245 e. The highest BCUT2D eigenvalue weighted by molar-refractivity contribution is 7.84. The van der Waals surface area contributed by atoms with Crippen molar-refractivity contribution in [3.63, 3.8) is 0 Å². The average molecular weight is 260 g/mol. The summed E-state index contributed by atoms with van der Waals surface area (Å²) < 4.78 is 11.0. The average Bonchev–Trinajstić information content (AvgIpc) is 2.19. The van der Waals surface area contributed by atoms with E-state index in [0.29, 0.717) is 24.6 Å². The molecule has 17 heavy (non-hydrogen) atoms. The lowest BCUT2D eigenvalue weighted by Crippen LogP contribution is -2.58. The Balaban J connectivity index is 2.61. The smallest absolute Gasteiger partial charge is 0.245 e. The Hall–Kier alpha value is -0.910. The maximum absolute atomic E-state index is 12.0. The summed E-state index contributed by atoms with van der Waals surface area (Å²) >= 11 is 0. The van der Waals surface area contributed by atoms with Gasteiger partial charge >= 0.3 is 0 Å². The summed E-state index contributed by atoms with van der Waals surface area (Å²) in [5.41, 5.74) is 0. The molecule has 0 radical (unpaired) electrons. The summed E-state index contributed by atoms with van der Waals surface area (Å²) in [5, 5.41) is 2.71. The summed E-state index contributed by atoms with van der Waals surface area (Å²) in [5.74, 6) is 0.596. The van der Waals surface area contributed by atoms with Crippen LogP contribution in [0.4, 0.5) is 0 Å². The number of carbonyl (C=O) groups is 2. The van der Waals surface area contributed by atoms with E-state index >= 15 is 0 Å². The second-order valence-corrected chi connectivity index (χ2v) is 6.34. The Labute approximate surface area is 104 Å². The van der Waals surface area contributed by atoms with Gasteiger partial charge in [0.25, 0.3) is 0 Å². The fourth-order valence-electron chi connectivity index (χ4n) is 1.83. The van der Waals surface area contributed by atoms with Crippen molar-refractivity contribution in [3.05, 3.63) is 0 Å². The molecule has 2 unspecified atom stereocenters. The standard InChI is InChI=1S/C11H20N2O3S/c1-8(2)6-9-11(15)13(4-5-17(3)16)7-10(14)12-9/h8-9H,4-7H2,1-3H3,(H,12,14). The van der Waals surface area contributed by atoms with Crippen molar-refractivity contribution >= 4 is 22.6 Å². The minimum atomic E-state index is -0.941. The zero-order valence-corrected chi connectivity index (χ0v) is 11.4. The van der Waals surface area contributed by atoms with Crippen molar-refractivity contribution in [2.75, 3.05) is 25.1 Å². The number of carbonyl (C=O) groups excluding carboxylic acids is 2. The maximum atomic E-state index is 12.0. The predicted molar refractivity (Wildman–Crippen MR) is 66.9 cm³/mol. The first-order valence-corrected chi connectivity index (χ1v) is 7.51. The van der Waals surface area contributed by atoms with Crippen LogP contribution in [0.25, 0.3) is 0 Å². The van der Waals surface area contributed by atoms with Crippen LogP contribution in [0.5, 0.6) is 0 Å². The Morgan fingerprint density at radius 3 is 2.65 bits per heavy atom. The van der Waals surface area contributed by atoms with Crippen molar-refractivity contribution in [1.29, 1.82) is 0 Å². The highest BCUT2D eigenvalue weighted by Gasteiger charge is 2.32. The van der Waals surface area contributed by atoms with Gasteiger partial charge in [0.2, 0.25) is 11.8 Å². The summed E-state index contributed by atoms with van der Waals surface area (Å²) in [6, 6.07) is -0.415. The fourth-order valence-corrected chi connectivity index (χ4v) is 2.31. The minimum Gasteiger partial charge on any atom is -0.343 e. The van der Waals surface area contributed by atoms with Gasteiger partial charge in [-0.2, -0.15) is 0 Å². The number of hydrogen-bond donors (Lipinski definition) is 1. The van der Waals surface area contributed by atoms with E-state index in [0.717, 1.165) is 0 Å². The molecule has 1 N–H and O–H groups in total. The topological polar surface area (TPSA) is 66.5 Å². The summed E-state index contributed by atoms with van der Waals surface area (Å²) in [6.07, 6.45) is 2.25. The largest absolute Gasteiger partial charge is 0.343 e. The van der Waals surface area contributed by atoms with Gasteiger partial charge in [0.05, 0.1) is 6.54 Å². The molecule has 2 atom stereocenters. The molecule has 1 rings (SSSR count). The molecule has 0 aromatic heterocycles. The van der Waals surface area contributed by atoms with Crippen LogP contribution in [0.3, 0.4) is 0 Å². The van der Waals surface area contributed by atoms with Gasteiger partial charge in [0.15, 0.2) is 0 Å². The molecule has 1 saturated heterocycles. The molecule has 1 heterocycles. The first-order chi connectivity index (χ1) is 7.90. The number of hydrogen-bond acceptors (Lipinski definition) is 3. The number of nitrogens with zero attached hydrogens (tertiary/aromatic N) is 1. The monoisotopic (exact) mass is 260 g/mol. The predicted octanol–water partition coefficient (Wildman–Crippen LogP) is -0.262. The Morgan fingerprint density at radius 1 is 1.47 bits per heavy atom. The van der Waals surface area contributed by atoms with Gasteiger partial charge in [-0.1, -0.05) is 13.8 Å². The van der Waals surface area contributed by atoms with Crippen molar-refractivity contribution in [2.24, 2.45) is 5.92 Å². The lowest BCUT2D eigenvalue weighted by molar-refractivity contribution is -0.144. The van der Waals surface area contributed by atoms with Crippen molar-refractivity contribution in [3.8, 4) is 0 Å². The molecule has 6 heteroatoms. The van der Waals surface area contributed by atoms with E-state index in [1.54, 1.807) is 6.26 Å². The van der Waals surface area contributed by atoms with E-state index in [-0.39, 0.29) is 18.4 Å². The van der Waals surface area contributed by atoms with E-state index < -0.39 is 16.8 Å². The third kappa shape index (κ3) is 4.46. The molecule has 1 aliphatic rings. The van der Waals surface area contributed by atoms with Gasteiger partial charge in [-0.05, 0) is 12.3 Å². The molecule has 0 bridgehead atoms. The van der Waals surface area contributed by atoms with Crippen LogP contribution in [-0.4, -0.2) is 52.1 Å². The van der Waals surface area contributed by atoms with Crippen molar-refractivity contribution in [1.82, 2.24) is 10.2 Å². The molecule has 0 aliphatic carbocycles. The first kappa shape index (κ1) is 14.2. The highest BCUT2D eigenvalue weighted by atomic mass is 32.2. The van der Waals surface area contributed by atoms with Crippen LogP contribution in [0.2, 0.25) is 0 Å². The lowest BCUT2D eigenvalue weighted by Gasteiger charge is -2.33. The molecule has 0 saturated carbocycles. The van der Waals surface area contributed by atoms with Crippen LogP contribution < -0.4 is 5.32 Å². The molecular formula is C11H20N2O3S. The van der Waals surface area contributed by atoms with Gasteiger partial charge in [0.1, 0.15) is 6.04 Å². The van der Waals surface area contributed by atoms with Gasteiger partial charge in [0, 0.05) is 29.4 Å². The van der Waals surface area contributed by atoms with Crippen LogP contribution in [-0.2, 0) is 20.4 Å². The molecule has 0 aromatic carbocycles. The number of nitrogens with one attached hydrogen (secondary N) is 1. The number of amides is 2.